The first-order valence-corrected chi connectivity index (χ1v) is 9.66. The van der Waals surface area contributed by atoms with Crippen molar-refractivity contribution in [1.29, 1.82) is 0 Å². The van der Waals surface area contributed by atoms with Gasteiger partial charge < -0.3 is 9.47 Å². The Balaban J connectivity index is 1.69. The van der Waals surface area contributed by atoms with Gasteiger partial charge in [0.2, 0.25) is 0 Å². The first kappa shape index (κ1) is 20.6. The lowest BCUT2D eigenvalue weighted by Gasteiger charge is -2.19. The molecule has 0 aliphatic rings. The maximum absolute atomic E-state index is 12.6. The second kappa shape index (κ2) is 9.89. The average Bonchev–Trinajstić information content (AvgIpc) is 2.74. The van der Waals surface area contributed by atoms with Crippen LogP contribution >= 0.6 is 11.6 Å². The zero-order chi connectivity index (χ0) is 20.6. The van der Waals surface area contributed by atoms with Crippen molar-refractivity contribution >= 4 is 23.5 Å². The fraction of sp³-hybridized carbons (Fsp3) is 0.167. The van der Waals surface area contributed by atoms with Crippen molar-refractivity contribution in [3.8, 4) is 0 Å². The molecule has 148 valence electrons. The number of halogens is 1. The molecule has 29 heavy (non-hydrogen) atoms. The van der Waals surface area contributed by atoms with E-state index in [4.69, 9.17) is 21.1 Å². The highest BCUT2D eigenvalue weighted by Gasteiger charge is 2.19. The smallest absolute Gasteiger partial charge is 0.338 e. The molecule has 0 N–H and O–H groups in total. The molecule has 0 amide bonds. The van der Waals surface area contributed by atoms with E-state index >= 15 is 0 Å². The molecule has 0 aliphatic carbocycles. The largest absolute Gasteiger partial charge is 0.462 e. The number of esters is 2. The van der Waals surface area contributed by atoms with Crippen LogP contribution in [-0.2, 0) is 9.47 Å². The Hall–Kier alpha value is -3.11. The Morgan fingerprint density at radius 2 is 1.55 bits per heavy atom. The summed E-state index contributed by atoms with van der Waals surface area (Å²) in [5.74, 6) is -0.857. The fourth-order valence-corrected chi connectivity index (χ4v) is 3.00. The quantitative estimate of drug-likeness (QED) is 0.464. The topological polar surface area (TPSA) is 52.6 Å². The van der Waals surface area contributed by atoms with Crippen molar-refractivity contribution in [2.24, 2.45) is 0 Å². The van der Waals surface area contributed by atoms with Crippen molar-refractivity contribution in [3.05, 3.63) is 106 Å². The molecule has 0 saturated carbocycles. The third-order valence-electron chi connectivity index (χ3n) is 4.38. The van der Waals surface area contributed by atoms with Gasteiger partial charge in [0.05, 0.1) is 17.7 Å². The molecule has 0 radical (unpaired) electrons. The van der Waals surface area contributed by atoms with Gasteiger partial charge in [0.1, 0.15) is 6.10 Å². The van der Waals surface area contributed by atoms with Crippen molar-refractivity contribution in [1.82, 2.24) is 0 Å². The molecule has 0 saturated heterocycles. The number of benzene rings is 3. The summed E-state index contributed by atoms with van der Waals surface area (Å²) in [5, 5.41) is 0.542. The second-order valence-electron chi connectivity index (χ2n) is 6.61. The summed E-state index contributed by atoms with van der Waals surface area (Å²) < 4.78 is 11.1. The van der Waals surface area contributed by atoms with E-state index in [0.29, 0.717) is 22.6 Å². The van der Waals surface area contributed by atoms with Gasteiger partial charge in [-0.3, -0.25) is 0 Å². The SMILES string of the molecule is Cc1ccc(C(=O)O[C@@H](CCOC(=O)c2ccccc2)c2cccc(Cl)c2)cc1. The van der Waals surface area contributed by atoms with Crippen molar-refractivity contribution in [3.63, 3.8) is 0 Å². The van der Waals surface area contributed by atoms with Gasteiger partial charge in [-0.1, -0.05) is 59.6 Å². The van der Waals surface area contributed by atoms with Crippen LogP contribution in [0.25, 0.3) is 0 Å². The van der Waals surface area contributed by atoms with Gasteiger partial charge in [-0.2, -0.15) is 0 Å². The van der Waals surface area contributed by atoms with Crippen LogP contribution < -0.4 is 0 Å². The third-order valence-corrected chi connectivity index (χ3v) is 4.61. The molecule has 0 bridgehead atoms. The summed E-state index contributed by atoms with van der Waals surface area (Å²) in [5.41, 5.74) is 2.74. The molecule has 3 aromatic rings. The van der Waals surface area contributed by atoms with E-state index in [0.717, 1.165) is 11.1 Å². The van der Waals surface area contributed by atoms with Crippen molar-refractivity contribution in [2.45, 2.75) is 19.4 Å². The Morgan fingerprint density at radius 1 is 0.862 bits per heavy atom. The second-order valence-corrected chi connectivity index (χ2v) is 7.04. The molecule has 0 aromatic heterocycles. The van der Waals surface area contributed by atoms with Gasteiger partial charge in [0.15, 0.2) is 0 Å². The minimum Gasteiger partial charge on any atom is -0.462 e. The summed E-state index contributed by atoms with van der Waals surface area (Å²) in [4.78, 5) is 24.7. The van der Waals surface area contributed by atoms with Gasteiger partial charge in [-0.15, -0.1) is 0 Å². The number of hydrogen-bond donors (Lipinski definition) is 0. The van der Waals surface area contributed by atoms with Crippen molar-refractivity contribution < 1.29 is 19.1 Å². The summed E-state index contributed by atoms with van der Waals surface area (Å²) >= 11 is 6.10. The number of ether oxygens (including phenoxy) is 2. The summed E-state index contributed by atoms with van der Waals surface area (Å²) in [6.07, 6.45) is -0.276. The van der Waals surface area contributed by atoms with Crippen LogP contribution in [0.5, 0.6) is 0 Å². The van der Waals surface area contributed by atoms with E-state index in [1.807, 2.05) is 31.2 Å². The number of hydrogen-bond acceptors (Lipinski definition) is 4. The molecule has 0 fully saturated rings. The lowest BCUT2D eigenvalue weighted by Crippen LogP contribution is -2.15. The molecule has 0 unspecified atom stereocenters. The fourth-order valence-electron chi connectivity index (χ4n) is 2.80. The maximum atomic E-state index is 12.6. The van der Waals surface area contributed by atoms with E-state index in [-0.39, 0.29) is 6.61 Å². The van der Waals surface area contributed by atoms with Crippen LogP contribution in [0.4, 0.5) is 0 Å². The Bertz CT molecular complexity index is 968. The van der Waals surface area contributed by atoms with E-state index < -0.39 is 18.0 Å². The molecular weight excluding hydrogens is 388 g/mol. The van der Waals surface area contributed by atoms with E-state index in [1.165, 1.54) is 0 Å². The minimum atomic E-state index is -0.592. The molecule has 5 heteroatoms. The molecule has 1 atom stereocenters. The van der Waals surface area contributed by atoms with Crippen LogP contribution in [0.2, 0.25) is 5.02 Å². The van der Waals surface area contributed by atoms with E-state index in [2.05, 4.69) is 0 Å². The van der Waals surface area contributed by atoms with Crippen LogP contribution in [0.1, 0.15) is 44.4 Å². The molecule has 3 aromatic carbocycles. The summed E-state index contributed by atoms with van der Waals surface area (Å²) in [6, 6.07) is 23.0. The molecule has 4 nitrogen and oxygen atoms in total. The average molecular weight is 409 g/mol. The third kappa shape index (κ3) is 5.93. The monoisotopic (exact) mass is 408 g/mol. The number of aryl methyl sites for hydroxylation is 1. The maximum Gasteiger partial charge on any atom is 0.338 e. The van der Waals surface area contributed by atoms with Crippen LogP contribution in [0.15, 0.2) is 78.9 Å². The molecule has 0 heterocycles. The van der Waals surface area contributed by atoms with Gasteiger partial charge >= 0.3 is 11.9 Å². The van der Waals surface area contributed by atoms with Gasteiger partial charge in [0.25, 0.3) is 0 Å². The highest BCUT2D eigenvalue weighted by Crippen LogP contribution is 2.25. The Morgan fingerprint density at radius 3 is 2.24 bits per heavy atom. The summed E-state index contributed by atoms with van der Waals surface area (Å²) in [7, 11) is 0. The first-order chi connectivity index (χ1) is 14.0. The molecule has 0 spiro atoms. The highest BCUT2D eigenvalue weighted by atomic mass is 35.5. The lowest BCUT2D eigenvalue weighted by atomic mass is 10.1. The van der Waals surface area contributed by atoms with Gasteiger partial charge in [-0.05, 0) is 48.9 Å². The predicted octanol–water partition coefficient (Wildman–Crippen LogP) is 5.79. The minimum absolute atomic E-state index is 0.103. The Labute approximate surface area is 175 Å². The molecule has 3 rings (SSSR count). The zero-order valence-corrected chi connectivity index (χ0v) is 16.8. The van der Waals surface area contributed by atoms with Gasteiger partial charge in [0, 0.05) is 11.4 Å². The standard InChI is InChI=1S/C24H21ClO4/c1-17-10-12-19(13-11-17)24(27)29-22(20-8-5-9-21(25)16-20)14-15-28-23(26)18-6-3-2-4-7-18/h2-13,16,22H,14-15H2,1H3/t22-/m0/s1. The van der Waals surface area contributed by atoms with E-state index in [9.17, 15) is 9.59 Å². The summed E-state index contributed by atoms with van der Waals surface area (Å²) in [6.45, 7) is 2.05. The number of carbonyl (C=O) groups is 2. The van der Waals surface area contributed by atoms with Crippen LogP contribution in [-0.4, -0.2) is 18.5 Å². The highest BCUT2D eigenvalue weighted by molar-refractivity contribution is 6.30. The van der Waals surface area contributed by atoms with Crippen LogP contribution in [0.3, 0.4) is 0 Å². The lowest BCUT2D eigenvalue weighted by molar-refractivity contribution is 0.0179. The number of rotatable bonds is 7. The van der Waals surface area contributed by atoms with Gasteiger partial charge in [-0.25, -0.2) is 9.59 Å². The number of carbonyl (C=O) groups excluding carboxylic acids is 2. The predicted molar refractivity (Wildman–Crippen MR) is 112 cm³/mol. The zero-order valence-electron chi connectivity index (χ0n) is 16.0. The molecule has 0 aliphatic heterocycles. The first-order valence-electron chi connectivity index (χ1n) is 9.28. The normalized spacial score (nSPS) is 11.5. The van der Waals surface area contributed by atoms with Crippen molar-refractivity contribution in [2.75, 3.05) is 6.61 Å². The Kier molecular flexibility index (Phi) is 7.04. The van der Waals surface area contributed by atoms with E-state index in [1.54, 1.807) is 54.6 Å². The molecular formula is C24H21ClO4. The van der Waals surface area contributed by atoms with Crippen LogP contribution in [0, 0.1) is 6.92 Å².